The maximum absolute atomic E-state index is 11.7. The van der Waals surface area contributed by atoms with E-state index in [9.17, 15) is 9.90 Å². The summed E-state index contributed by atoms with van der Waals surface area (Å²) in [5.74, 6) is -0.0721. The van der Waals surface area contributed by atoms with Crippen LogP contribution >= 0.6 is 0 Å². The van der Waals surface area contributed by atoms with Crippen LogP contribution in [0.3, 0.4) is 0 Å². The average molecular weight is 221 g/mol. The predicted octanol–water partition coefficient (Wildman–Crippen LogP) is 0.801. The third-order valence-corrected chi connectivity index (χ3v) is 2.74. The van der Waals surface area contributed by atoms with Crippen molar-refractivity contribution >= 4 is 11.6 Å². The molecule has 0 saturated carbocycles. The molecule has 1 saturated heterocycles. The van der Waals surface area contributed by atoms with Crippen molar-refractivity contribution in [2.24, 2.45) is 0 Å². The number of anilines is 1. The molecule has 1 fully saturated rings. The van der Waals surface area contributed by atoms with Gasteiger partial charge in [-0.1, -0.05) is 18.2 Å². The first-order chi connectivity index (χ1) is 7.64. The Morgan fingerprint density at radius 1 is 1.44 bits per heavy atom. The smallest absolute Gasteiger partial charge is 0.253 e. The maximum Gasteiger partial charge on any atom is 0.253 e. The van der Waals surface area contributed by atoms with E-state index < -0.39 is 5.60 Å². The number of morpholine rings is 1. The van der Waals surface area contributed by atoms with Crippen molar-refractivity contribution in [2.45, 2.75) is 12.5 Å². The minimum absolute atomic E-state index is 0.0198. The number of rotatable bonds is 2. The molecule has 0 aliphatic carbocycles. The number of aliphatic hydroxyl groups excluding tert-OH is 1. The molecular formula is C12H15NO3. The Balaban J connectivity index is 2.23. The average Bonchev–Trinajstić information content (AvgIpc) is 2.34. The van der Waals surface area contributed by atoms with E-state index in [-0.39, 0.29) is 19.1 Å². The van der Waals surface area contributed by atoms with Crippen molar-refractivity contribution in [1.29, 1.82) is 0 Å². The number of carbonyl (C=O) groups excluding carboxylic acids is 1. The molecule has 1 N–H and O–H groups in total. The van der Waals surface area contributed by atoms with Crippen LogP contribution in [0.5, 0.6) is 0 Å². The van der Waals surface area contributed by atoms with Gasteiger partial charge in [-0.3, -0.25) is 4.79 Å². The van der Waals surface area contributed by atoms with Gasteiger partial charge in [-0.05, 0) is 19.1 Å². The Labute approximate surface area is 94.4 Å². The Hall–Kier alpha value is -1.39. The standard InChI is InChI=1S/C12H15NO3/c1-12(9-14)8-13(11(15)7-16-12)10-5-3-2-4-6-10/h2-6,14H,7-9H2,1H3. The summed E-state index contributed by atoms with van der Waals surface area (Å²) < 4.78 is 5.34. The monoisotopic (exact) mass is 221 g/mol. The first-order valence-corrected chi connectivity index (χ1v) is 5.25. The number of aliphatic hydroxyl groups is 1. The van der Waals surface area contributed by atoms with E-state index >= 15 is 0 Å². The molecule has 4 nitrogen and oxygen atoms in total. The van der Waals surface area contributed by atoms with Crippen molar-refractivity contribution < 1.29 is 14.6 Å². The Kier molecular flexibility index (Phi) is 2.94. The summed E-state index contributed by atoms with van der Waals surface area (Å²) in [5, 5.41) is 9.24. The SMILES string of the molecule is CC1(CO)CN(c2ccccc2)C(=O)CO1. The molecule has 1 aliphatic heterocycles. The number of para-hydroxylation sites is 1. The Morgan fingerprint density at radius 2 is 2.12 bits per heavy atom. The van der Waals surface area contributed by atoms with Gasteiger partial charge in [0.05, 0.1) is 13.2 Å². The Morgan fingerprint density at radius 3 is 2.75 bits per heavy atom. The van der Waals surface area contributed by atoms with Gasteiger partial charge in [-0.2, -0.15) is 0 Å². The topological polar surface area (TPSA) is 49.8 Å². The van der Waals surface area contributed by atoms with Crippen molar-refractivity contribution in [2.75, 3.05) is 24.7 Å². The van der Waals surface area contributed by atoms with Gasteiger partial charge in [0.15, 0.2) is 0 Å². The van der Waals surface area contributed by atoms with Crippen LogP contribution in [0, 0.1) is 0 Å². The number of amides is 1. The van der Waals surface area contributed by atoms with Crippen LogP contribution in [0.15, 0.2) is 30.3 Å². The third-order valence-electron chi connectivity index (χ3n) is 2.74. The molecule has 0 radical (unpaired) electrons. The molecule has 0 bridgehead atoms. The summed E-state index contributed by atoms with van der Waals surface area (Å²) in [4.78, 5) is 13.4. The quantitative estimate of drug-likeness (QED) is 0.803. The molecule has 0 aromatic heterocycles. The fourth-order valence-corrected chi connectivity index (χ4v) is 1.72. The van der Waals surface area contributed by atoms with E-state index in [0.717, 1.165) is 5.69 Å². The second-order valence-corrected chi connectivity index (χ2v) is 4.21. The normalized spacial score (nSPS) is 25.9. The summed E-state index contributed by atoms with van der Waals surface area (Å²) in [6.45, 7) is 2.11. The second kappa shape index (κ2) is 4.23. The highest BCUT2D eigenvalue weighted by atomic mass is 16.5. The molecule has 86 valence electrons. The summed E-state index contributed by atoms with van der Waals surface area (Å²) in [7, 11) is 0. The molecule has 0 spiro atoms. The molecule has 1 amide bonds. The lowest BCUT2D eigenvalue weighted by atomic mass is 10.1. The molecular weight excluding hydrogens is 206 g/mol. The van der Waals surface area contributed by atoms with Crippen LogP contribution in [0.2, 0.25) is 0 Å². The fourth-order valence-electron chi connectivity index (χ4n) is 1.72. The van der Waals surface area contributed by atoms with Gasteiger partial charge in [0.1, 0.15) is 12.2 Å². The van der Waals surface area contributed by atoms with Gasteiger partial charge < -0.3 is 14.7 Å². The summed E-state index contributed by atoms with van der Waals surface area (Å²) in [6.07, 6.45) is 0. The minimum atomic E-state index is -0.663. The van der Waals surface area contributed by atoms with E-state index in [1.165, 1.54) is 0 Å². The van der Waals surface area contributed by atoms with Crippen LogP contribution in [0.4, 0.5) is 5.69 Å². The highest BCUT2D eigenvalue weighted by molar-refractivity contribution is 5.95. The molecule has 1 aliphatic rings. The first kappa shape index (κ1) is 11.1. The van der Waals surface area contributed by atoms with E-state index in [2.05, 4.69) is 0 Å². The second-order valence-electron chi connectivity index (χ2n) is 4.21. The largest absolute Gasteiger partial charge is 0.393 e. The molecule has 1 unspecified atom stereocenters. The zero-order valence-electron chi connectivity index (χ0n) is 9.22. The van der Waals surface area contributed by atoms with Gasteiger partial charge in [0.2, 0.25) is 0 Å². The van der Waals surface area contributed by atoms with E-state index in [1.807, 2.05) is 30.3 Å². The molecule has 1 aromatic carbocycles. The predicted molar refractivity (Wildman–Crippen MR) is 60.2 cm³/mol. The van der Waals surface area contributed by atoms with Gasteiger partial charge in [-0.15, -0.1) is 0 Å². The van der Waals surface area contributed by atoms with Crippen LogP contribution in [0.1, 0.15) is 6.92 Å². The van der Waals surface area contributed by atoms with Crippen LogP contribution in [0.25, 0.3) is 0 Å². The lowest BCUT2D eigenvalue weighted by molar-refractivity contribution is -0.141. The van der Waals surface area contributed by atoms with E-state index in [4.69, 9.17) is 4.74 Å². The number of ether oxygens (including phenoxy) is 1. The highest BCUT2D eigenvalue weighted by Gasteiger charge is 2.35. The molecule has 1 atom stereocenters. The zero-order chi connectivity index (χ0) is 11.6. The van der Waals surface area contributed by atoms with Crippen LogP contribution in [-0.2, 0) is 9.53 Å². The number of hydrogen-bond donors (Lipinski definition) is 1. The molecule has 1 heterocycles. The molecule has 4 heteroatoms. The van der Waals surface area contributed by atoms with Crippen molar-refractivity contribution in [3.8, 4) is 0 Å². The summed E-state index contributed by atoms with van der Waals surface area (Å²) in [6, 6.07) is 9.42. The fraction of sp³-hybridized carbons (Fsp3) is 0.417. The number of hydrogen-bond acceptors (Lipinski definition) is 3. The van der Waals surface area contributed by atoms with Crippen LogP contribution < -0.4 is 4.90 Å². The number of carbonyl (C=O) groups is 1. The number of benzene rings is 1. The van der Waals surface area contributed by atoms with Gasteiger partial charge >= 0.3 is 0 Å². The van der Waals surface area contributed by atoms with E-state index in [0.29, 0.717) is 6.54 Å². The lowest BCUT2D eigenvalue weighted by Crippen LogP contribution is -2.55. The number of nitrogens with zero attached hydrogens (tertiary/aromatic N) is 1. The summed E-state index contributed by atoms with van der Waals surface area (Å²) >= 11 is 0. The third kappa shape index (κ3) is 2.08. The van der Waals surface area contributed by atoms with Gasteiger partial charge in [-0.25, -0.2) is 0 Å². The zero-order valence-corrected chi connectivity index (χ0v) is 9.22. The maximum atomic E-state index is 11.7. The molecule has 1 aromatic rings. The van der Waals surface area contributed by atoms with Crippen molar-refractivity contribution in [3.05, 3.63) is 30.3 Å². The first-order valence-electron chi connectivity index (χ1n) is 5.25. The molecule has 2 rings (SSSR count). The van der Waals surface area contributed by atoms with Crippen LogP contribution in [-0.4, -0.2) is 36.4 Å². The lowest BCUT2D eigenvalue weighted by Gasteiger charge is -2.38. The highest BCUT2D eigenvalue weighted by Crippen LogP contribution is 2.23. The summed E-state index contributed by atoms with van der Waals surface area (Å²) in [5.41, 5.74) is 0.180. The van der Waals surface area contributed by atoms with Gasteiger partial charge in [0, 0.05) is 5.69 Å². The molecule has 16 heavy (non-hydrogen) atoms. The van der Waals surface area contributed by atoms with Crippen molar-refractivity contribution in [1.82, 2.24) is 0 Å². The van der Waals surface area contributed by atoms with E-state index in [1.54, 1.807) is 11.8 Å². The minimum Gasteiger partial charge on any atom is -0.393 e. The van der Waals surface area contributed by atoms with Crippen molar-refractivity contribution in [3.63, 3.8) is 0 Å². The Bertz CT molecular complexity index is 379. The van der Waals surface area contributed by atoms with Gasteiger partial charge in [0.25, 0.3) is 5.91 Å².